The Kier molecular flexibility index (Phi) is 9.76. The number of furan rings is 1. The minimum atomic E-state index is -1.82. The molecule has 1 aromatic carbocycles. The number of pyridine rings is 1. The van der Waals surface area contributed by atoms with Crippen LogP contribution in [0.2, 0.25) is 0 Å². The molecule has 1 aliphatic rings. The first-order valence-electron chi connectivity index (χ1n) is 11.6. The first-order chi connectivity index (χ1) is 17.8. The van der Waals surface area contributed by atoms with E-state index >= 15 is 0 Å². The molecule has 0 aliphatic carbocycles. The molecule has 0 bridgehead atoms. The number of hydrogen-bond acceptors (Lipinski definition) is 8. The van der Waals surface area contributed by atoms with Gasteiger partial charge in [0.1, 0.15) is 11.5 Å². The van der Waals surface area contributed by atoms with Crippen LogP contribution in [0.25, 0.3) is 17.0 Å². The highest BCUT2D eigenvalue weighted by atomic mass is 16.5. The lowest BCUT2D eigenvalue weighted by Crippen LogP contribution is -2.45. The highest BCUT2D eigenvalue weighted by molar-refractivity contribution is 6.27. The lowest BCUT2D eigenvalue weighted by molar-refractivity contribution is -0.159. The van der Waals surface area contributed by atoms with E-state index in [1.54, 1.807) is 37.8 Å². The largest absolute Gasteiger partial charge is 0.497 e. The van der Waals surface area contributed by atoms with E-state index in [1.807, 2.05) is 24.3 Å². The Balaban J connectivity index is 0.000000568. The van der Waals surface area contributed by atoms with Crippen molar-refractivity contribution in [3.8, 4) is 5.75 Å². The molecule has 11 heteroatoms. The number of aliphatic hydroxyl groups is 1. The van der Waals surface area contributed by atoms with Crippen molar-refractivity contribution in [2.75, 3.05) is 26.7 Å². The Morgan fingerprint density at radius 3 is 2.54 bits per heavy atom. The van der Waals surface area contributed by atoms with Gasteiger partial charge in [-0.2, -0.15) is 0 Å². The minimum absolute atomic E-state index is 0.118. The zero-order chi connectivity index (χ0) is 26.8. The van der Waals surface area contributed by atoms with E-state index < -0.39 is 18.0 Å². The number of methoxy groups -OCH3 is 1. The monoisotopic (exact) mass is 511 g/mol. The number of nitrogens with one attached hydrogen (secondary N) is 1. The zero-order valence-electron chi connectivity index (χ0n) is 20.2. The van der Waals surface area contributed by atoms with Crippen LogP contribution in [0.1, 0.15) is 30.3 Å². The first-order valence-corrected chi connectivity index (χ1v) is 11.6. The number of β-amino-alcohol motifs (C(OH)–C–C–N with tert-alkyl or cyclic N) is 1. The number of carbonyl (C=O) groups excluding carboxylic acids is 1. The van der Waals surface area contributed by atoms with Crippen LogP contribution in [-0.2, 0) is 14.4 Å². The van der Waals surface area contributed by atoms with Crippen LogP contribution in [0.3, 0.4) is 0 Å². The summed E-state index contributed by atoms with van der Waals surface area (Å²) >= 11 is 0. The second-order valence-corrected chi connectivity index (χ2v) is 8.34. The molecule has 4 rings (SSSR count). The molecule has 1 fully saturated rings. The van der Waals surface area contributed by atoms with Gasteiger partial charge in [-0.05, 0) is 60.9 Å². The van der Waals surface area contributed by atoms with Crippen LogP contribution >= 0.6 is 0 Å². The van der Waals surface area contributed by atoms with Gasteiger partial charge in [0.2, 0.25) is 5.91 Å². The summed E-state index contributed by atoms with van der Waals surface area (Å²) in [6, 6.07) is 11.3. The molecule has 1 saturated heterocycles. The predicted molar refractivity (Wildman–Crippen MR) is 134 cm³/mol. The van der Waals surface area contributed by atoms with Crippen molar-refractivity contribution in [2.24, 2.45) is 0 Å². The lowest BCUT2D eigenvalue weighted by atomic mass is 10.0. The fourth-order valence-corrected chi connectivity index (χ4v) is 3.96. The Morgan fingerprint density at radius 1 is 1.19 bits per heavy atom. The summed E-state index contributed by atoms with van der Waals surface area (Å²) in [6.07, 6.45) is 7.53. The number of rotatable bonds is 7. The second kappa shape index (κ2) is 13.2. The molecule has 1 amide bonds. The summed E-state index contributed by atoms with van der Waals surface area (Å²) in [5, 5.41) is 29.6. The van der Waals surface area contributed by atoms with Crippen LogP contribution in [0.4, 0.5) is 0 Å². The number of benzene rings is 1. The number of likely N-dealkylation sites (tertiary alicyclic amines) is 1. The molecule has 3 heterocycles. The van der Waals surface area contributed by atoms with Crippen molar-refractivity contribution < 1.29 is 38.9 Å². The number of piperidine rings is 1. The van der Waals surface area contributed by atoms with Gasteiger partial charge in [-0.1, -0.05) is 0 Å². The average Bonchev–Trinajstić information content (AvgIpc) is 3.42. The van der Waals surface area contributed by atoms with Gasteiger partial charge in [0.05, 0.1) is 25.0 Å². The predicted octanol–water partition coefficient (Wildman–Crippen LogP) is 2.32. The molecule has 0 saturated carbocycles. The van der Waals surface area contributed by atoms with E-state index in [2.05, 4.69) is 15.2 Å². The number of carboxylic acids is 2. The van der Waals surface area contributed by atoms with Crippen LogP contribution in [-0.4, -0.2) is 75.8 Å². The summed E-state index contributed by atoms with van der Waals surface area (Å²) in [5.41, 5.74) is 1.68. The number of aliphatic hydroxyl groups excluding tert-OH is 1. The fraction of sp³-hybridized carbons (Fsp3) is 0.308. The van der Waals surface area contributed by atoms with E-state index in [0.717, 1.165) is 48.1 Å². The standard InChI is InChI=1S/C24H27N3O4.C2H2O4/c1-30-19-4-6-22-21(15-19)20(8-11-25-22)23(28)16-27-12-9-17(10-13-27)26-24(29)7-5-18-3-2-14-31-18;3-1(4)2(5)6/h2-8,11,14-15,17,23,28H,9-10,12-13,16H2,1H3,(H,26,29);(H,3,4)(H,5,6)/b7-5+;/t23-;/m0./s1. The molecule has 0 unspecified atom stereocenters. The van der Waals surface area contributed by atoms with E-state index in [1.165, 1.54) is 6.08 Å². The van der Waals surface area contributed by atoms with E-state index in [0.29, 0.717) is 12.3 Å². The van der Waals surface area contributed by atoms with Gasteiger partial charge in [-0.3, -0.25) is 9.78 Å². The maximum Gasteiger partial charge on any atom is 0.414 e. The van der Waals surface area contributed by atoms with Crippen LogP contribution in [0.5, 0.6) is 5.75 Å². The number of hydrogen-bond donors (Lipinski definition) is 4. The molecule has 3 aromatic rings. The zero-order valence-corrected chi connectivity index (χ0v) is 20.2. The highest BCUT2D eigenvalue weighted by Crippen LogP contribution is 2.27. The van der Waals surface area contributed by atoms with Gasteiger partial charge >= 0.3 is 11.9 Å². The van der Waals surface area contributed by atoms with Gasteiger partial charge in [0.25, 0.3) is 0 Å². The van der Waals surface area contributed by atoms with Crippen molar-refractivity contribution in [3.05, 3.63) is 66.3 Å². The molecule has 2 aromatic heterocycles. The smallest absolute Gasteiger partial charge is 0.414 e. The van der Waals surface area contributed by atoms with Crippen molar-refractivity contribution in [1.29, 1.82) is 0 Å². The molecule has 0 radical (unpaired) electrons. The fourth-order valence-electron chi connectivity index (χ4n) is 3.96. The number of aliphatic carboxylic acids is 2. The van der Waals surface area contributed by atoms with E-state index in [4.69, 9.17) is 29.0 Å². The number of aromatic nitrogens is 1. The van der Waals surface area contributed by atoms with Gasteiger partial charge in [0, 0.05) is 43.3 Å². The van der Waals surface area contributed by atoms with Crippen molar-refractivity contribution in [1.82, 2.24) is 15.2 Å². The number of amides is 1. The Morgan fingerprint density at radius 2 is 1.92 bits per heavy atom. The lowest BCUT2D eigenvalue weighted by Gasteiger charge is -2.33. The van der Waals surface area contributed by atoms with Crippen molar-refractivity contribution in [3.63, 3.8) is 0 Å². The molecule has 1 aliphatic heterocycles. The second-order valence-electron chi connectivity index (χ2n) is 8.34. The molecule has 11 nitrogen and oxygen atoms in total. The van der Waals surface area contributed by atoms with Crippen LogP contribution in [0.15, 0.2) is 59.4 Å². The van der Waals surface area contributed by atoms with Gasteiger partial charge in [0.15, 0.2) is 0 Å². The van der Waals surface area contributed by atoms with E-state index in [-0.39, 0.29) is 11.9 Å². The molecular formula is C26H29N3O8. The summed E-state index contributed by atoms with van der Waals surface area (Å²) in [5.74, 6) is -2.37. The number of fused-ring (bicyclic) bond motifs is 1. The first kappa shape index (κ1) is 27.4. The molecule has 196 valence electrons. The summed E-state index contributed by atoms with van der Waals surface area (Å²) in [4.78, 5) is 36.9. The maximum absolute atomic E-state index is 12.1. The Bertz CT molecular complexity index is 1220. The summed E-state index contributed by atoms with van der Waals surface area (Å²) < 4.78 is 10.5. The van der Waals surface area contributed by atoms with Crippen LogP contribution < -0.4 is 10.1 Å². The van der Waals surface area contributed by atoms with Gasteiger partial charge in [-0.15, -0.1) is 0 Å². The third-order valence-corrected chi connectivity index (χ3v) is 5.83. The van der Waals surface area contributed by atoms with Gasteiger partial charge in [-0.25, -0.2) is 9.59 Å². The molecule has 0 spiro atoms. The van der Waals surface area contributed by atoms with Crippen LogP contribution in [0, 0.1) is 0 Å². The van der Waals surface area contributed by atoms with E-state index in [9.17, 15) is 9.90 Å². The third-order valence-electron chi connectivity index (χ3n) is 5.83. The quantitative estimate of drug-likeness (QED) is 0.273. The third kappa shape index (κ3) is 8.16. The number of carboxylic acid groups (broad SMARTS) is 2. The highest BCUT2D eigenvalue weighted by Gasteiger charge is 2.23. The summed E-state index contributed by atoms with van der Waals surface area (Å²) in [6.45, 7) is 2.17. The molecule has 1 atom stereocenters. The topological polar surface area (TPSA) is 162 Å². The summed E-state index contributed by atoms with van der Waals surface area (Å²) in [7, 11) is 1.63. The number of ether oxygens (including phenoxy) is 1. The SMILES string of the molecule is COc1ccc2nccc([C@@H](O)CN3CCC(NC(=O)/C=C/c4ccco4)CC3)c2c1.O=C(O)C(=O)O. The van der Waals surface area contributed by atoms with Gasteiger partial charge < -0.3 is 34.7 Å². The van der Waals surface area contributed by atoms with Crippen molar-refractivity contribution in [2.45, 2.75) is 25.0 Å². The Hall–Kier alpha value is -4.22. The Labute approximate surface area is 213 Å². The normalized spacial score (nSPS) is 15.1. The number of carbonyl (C=O) groups is 3. The number of nitrogens with zero attached hydrogens (tertiary/aromatic N) is 2. The minimum Gasteiger partial charge on any atom is -0.497 e. The maximum atomic E-state index is 12.1. The van der Waals surface area contributed by atoms with Crippen molar-refractivity contribution >= 4 is 34.8 Å². The molecule has 37 heavy (non-hydrogen) atoms. The molecular weight excluding hydrogens is 482 g/mol. The average molecular weight is 512 g/mol. The molecule has 4 N–H and O–H groups in total.